The zero-order valence-corrected chi connectivity index (χ0v) is 11.7. The molecule has 19 heavy (non-hydrogen) atoms. The zero-order chi connectivity index (χ0) is 13.7. The lowest BCUT2D eigenvalue weighted by atomic mass is 9.94. The van der Waals surface area contributed by atoms with E-state index < -0.39 is 10.0 Å². The van der Waals surface area contributed by atoms with E-state index in [-0.39, 0.29) is 4.90 Å². The molecule has 0 amide bonds. The molecule has 0 spiro atoms. The highest BCUT2D eigenvalue weighted by molar-refractivity contribution is 7.89. The molecule has 0 aliphatic heterocycles. The van der Waals surface area contributed by atoms with Crippen molar-refractivity contribution < 1.29 is 8.42 Å². The van der Waals surface area contributed by atoms with Gasteiger partial charge in [0.2, 0.25) is 10.0 Å². The third kappa shape index (κ3) is 4.45. The Morgan fingerprint density at radius 1 is 1.21 bits per heavy atom. The Morgan fingerprint density at radius 3 is 2.53 bits per heavy atom. The van der Waals surface area contributed by atoms with Crippen LogP contribution in [0.5, 0.6) is 0 Å². The van der Waals surface area contributed by atoms with Crippen LogP contribution in [0.3, 0.4) is 0 Å². The topological polar surface area (TPSA) is 72.2 Å². The van der Waals surface area contributed by atoms with Crippen molar-refractivity contribution in [2.75, 3.05) is 6.54 Å². The quantitative estimate of drug-likeness (QED) is 0.808. The number of primary sulfonamides is 1. The summed E-state index contributed by atoms with van der Waals surface area (Å²) in [4.78, 5) is 0.161. The number of allylic oxidation sites excluding steroid dienone is 2. The van der Waals surface area contributed by atoms with Gasteiger partial charge in [0.05, 0.1) is 4.90 Å². The SMILES string of the molecule is NS(=O)(=O)c1ccc(CNCC2CC=CCC2)cc1. The smallest absolute Gasteiger partial charge is 0.238 e. The molecule has 2 rings (SSSR count). The Hall–Kier alpha value is -1.17. The fraction of sp³-hybridized carbons (Fsp3) is 0.429. The van der Waals surface area contributed by atoms with Gasteiger partial charge in [0.25, 0.3) is 0 Å². The van der Waals surface area contributed by atoms with Crippen LogP contribution < -0.4 is 10.5 Å². The summed E-state index contributed by atoms with van der Waals surface area (Å²) >= 11 is 0. The van der Waals surface area contributed by atoms with Gasteiger partial charge in [-0.2, -0.15) is 0 Å². The van der Waals surface area contributed by atoms with Crippen molar-refractivity contribution in [3.63, 3.8) is 0 Å². The Labute approximate surface area is 114 Å². The number of nitrogens with two attached hydrogens (primary N) is 1. The molecule has 1 aliphatic carbocycles. The van der Waals surface area contributed by atoms with Crippen LogP contribution in [0.4, 0.5) is 0 Å². The second-order valence-electron chi connectivity index (χ2n) is 4.97. The number of benzene rings is 1. The molecule has 0 fully saturated rings. The molecule has 104 valence electrons. The van der Waals surface area contributed by atoms with Crippen molar-refractivity contribution in [2.45, 2.75) is 30.7 Å². The van der Waals surface area contributed by atoms with Gasteiger partial charge in [-0.05, 0) is 49.4 Å². The highest BCUT2D eigenvalue weighted by atomic mass is 32.2. The summed E-state index contributed by atoms with van der Waals surface area (Å²) in [5.74, 6) is 0.716. The van der Waals surface area contributed by atoms with Gasteiger partial charge in [-0.3, -0.25) is 0 Å². The van der Waals surface area contributed by atoms with E-state index in [2.05, 4.69) is 17.5 Å². The molecular formula is C14H20N2O2S. The molecule has 0 heterocycles. The Bertz CT molecular complexity index is 535. The largest absolute Gasteiger partial charge is 0.312 e. The fourth-order valence-electron chi connectivity index (χ4n) is 2.26. The van der Waals surface area contributed by atoms with Crippen LogP contribution in [-0.2, 0) is 16.6 Å². The Kier molecular flexibility index (Phi) is 4.74. The Morgan fingerprint density at radius 2 is 1.95 bits per heavy atom. The maximum Gasteiger partial charge on any atom is 0.238 e. The van der Waals surface area contributed by atoms with Crippen LogP contribution in [0.2, 0.25) is 0 Å². The first kappa shape index (κ1) is 14.2. The summed E-state index contributed by atoms with van der Waals surface area (Å²) in [6.45, 7) is 1.76. The highest BCUT2D eigenvalue weighted by Gasteiger charge is 2.09. The van der Waals surface area contributed by atoms with E-state index >= 15 is 0 Å². The number of nitrogens with one attached hydrogen (secondary N) is 1. The molecule has 0 saturated carbocycles. The highest BCUT2D eigenvalue weighted by Crippen LogP contribution is 2.17. The summed E-state index contributed by atoms with van der Waals surface area (Å²) in [6, 6.07) is 6.70. The van der Waals surface area contributed by atoms with Gasteiger partial charge < -0.3 is 5.32 Å². The van der Waals surface area contributed by atoms with Crippen LogP contribution in [-0.4, -0.2) is 15.0 Å². The van der Waals surface area contributed by atoms with Gasteiger partial charge in [0, 0.05) is 6.54 Å². The van der Waals surface area contributed by atoms with Crippen molar-refractivity contribution in [1.29, 1.82) is 0 Å². The lowest BCUT2D eigenvalue weighted by Crippen LogP contribution is -2.23. The van der Waals surface area contributed by atoms with Crippen molar-refractivity contribution in [3.05, 3.63) is 42.0 Å². The van der Waals surface area contributed by atoms with Gasteiger partial charge in [-0.15, -0.1) is 0 Å². The Balaban J connectivity index is 1.81. The molecule has 0 bridgehead atoms. The van der Waals surface area contributed by atoms with Gasteiger partial charge in [-0.25, -0.2) is 13.6 Å². The predicted molar refractivity (Wildman–Crippen MR) is 76.0 cm³/mol. The predicted octanol–water partition coefficient (Wildman–Crippen LogP) is 1.78. The minimum atomic E-state index is -3.59. The van der Waals surface area contributed by atoms with Crippen molar-refractivity contribution in [1.82, 2.24) is 5.32 Å². The summed E-state index contributed by atoms with van der Waals surface area (Å²) in [6.07, 6.45) is 8.06. The van der Waals surface area contributed by atoms with Crippen LogP contribution >= 0.6 is 0 Å². The minimum absolute atomic E-state index is 0.161. The lowest BCUT2D eigenvalue weighted by Gasteiger charge is -2.18. The van der Waals surface area contributed by atoms with Gasteiger partial charge in [0.15, 0.2) is 0 Å². The summed E-state index contributed by atoms with van der Waals surface area (Å²) in [7, 11) is -3.59. The van der Waals surface area contributed by atoms with Crippen LogP contribution in [0, 0.1) is 5.92 Å². The molecule has 3 N–H and O–H groups in total. The fourth-order valence-corrected chi connectivity index (χ4v) is 2.77. The lowest BCUT2D eigenvalue weighted by molar-refractivity contribution is 0.440. The van der Waals surface area contributed by atoms with E-state index in [1.807, 2.05) is 0 Å². The van der Waals surface area contributed by atoms with Gasteiger partial charge in [-0.1, -0.05) is 24.3 Å². The van der Waals surface area contributed by atoms with E-state index in [4.69, 9.17) is 5.14 Å². The second kappa shape index (κ2) is 6.32. The summed E-state index contributed by atoms with van der Waals surface area (Å²) in [5.41, 5.74) is 1.07. The average Bonchev–Trinajstić information content (AvgIpc) is 2.39. The summed E-state index contributed by atoms with van der Waals surface area (Å²) < 4.78 is 22.2. The van der Waals surface area contributed by atoms with Crippen molar-refractivity contribution in [3.8, 4) is 0 Å². The molecule has 1 aromatic rings. The average molecular weight is 280 g/mol. The maximum atomic E-state index is 11.1. The molecule has 1 unspecified atom stereocenters. The van der Waals surface area contributed by atoms with Crippen LogP contribution in [0.15, 0.2) is 41.3 Å². The molecule has 1 atom stereocenters. The van der Waals surface area contributed by atoms with E-state index in [9.17, 15) is 8.42 Å². The maximum absolute atomic E-state index is 11.1. The monoisotopic (exact) mass is 280 g/mol. The zero-order valence-electron chi connectivity index (χ0n) is 10.9. The van der Waals surface area contributed by atoms with Crippen molar-refractivity contribution in [2.24, 2.45) is 11.1 Å². The number of rotatable bonds is 5. The third-order valence-corrected chi connectivity index (χ3v) is 4.32. The standard InChI is InChI=1S/C14H20N2O2S/c15-19(17,18)14-8-6-13(7-9-14)11-16-10-12-4-2-1-3-5-12/h1-2,6-9,12,16H,3-5,10-11H2,(H2,15,17,18). The van der Waals surface area contributed by atoms with Crippen LogP contribution in [0.25, 0.3) is 0 Å². The molecule has 4 nitrogen and oxygen atoms in total. The molecule has 0 radical (unpaired) electrons. The number of hydrogen-bond acceptors (Lipinski definition) is 3. The second-order valence-corrected chi connectivity index (χ2v) is 6.53. The molecule has 0 aromatic heterocycles. The molecule has 1 aliphatic rings. The first-order valence-electron chi connectivity index (χ1n) is 6.53. The first-order chi connectivity index (χ1) is 9.05. The molecular weight excluding hydrogens is 260 g/mol. The summed E-state index contributed by atoms with van der Waals surface area (Å²) in [5, 5.41) is 8.47. The van der Waals surface area contributed by atoms with Crippen LogP contribution in [0.1, 0.15) is 24.8 Å². The van der Waals surface area contributed by atoms with Gasteiger partial charge >= 0.3 is 0 Å². The first-order valence-corrected chi connectivity index (χ1v) is 8.08. The molecule has 5 heteroatoms. The number of sulfonamides is 1. The molecule has 1 aromatic carbocycles. The van der Waals surface area contributed by atoms with E-state index in [0.29, 0.717) is 5.92 Å². The van der Waals surface area contributed by atoms with Crippen molar-refractivity contribution >= 4 is 10.0 Å². The van der Waals surface area contributed by atoms with Gasteiger partial charge in [0.1, 0.15) is 0 Å². The minimum Gasteiger partial charge on any atom is -0.312 e. The normalized spacial score (nSPS) is 19.5. The van der Waals surface area contributed by atoms with E-state index in [1.54, 1.807) is 24.3 Å². The molecule has 0 saturated heterocycles. The third-order valence-electron chi connectivity index (χ3n) is 3.39. The number of hydrogen-bond donors (Lipinski definition) is 2. The van der Waals surface area contributed by atoms with E-state index in [0.717, 1.165) is 25.1 Å². The van der Waals surface area contributed by atoms with E-state index in [1.165, 1.54) is 12.8 Å².